The number of hydrogen-bond donors (Lipinski definition) is 1. The molecule has 0 aromatic heterocycles. The summed E-state index contributed by atoms with van der Waals surface area (Å²) in [7, 11) is 0. The number of benzene rings is 2. The van der Waals surface area contributed by atoms with E-state index in [-0.39, 0.29) is 21.4 Å². The molecular formula is C16H8Cl3IN2O2. The van der Waals surface area contributed by atoms with Crippen molar-refractivity contribution >= 4 is 80.6 Å². The van der Waals surface area contributed by atoms with Gasteiger partial charge in [-0.3, -0.25) is 9.59 Å². The van der Waals surface area contributed by atoms with Crippen molar-refractivity contribution < 1.29 is 9.59 Å². The van der Waals surface area contributed by atoms with Crippen LogP contribution in [0.1, 0.15) is 0 Å². The number of carbonyl (C=O) groups excluding carboxylic acids is 2. The average molecular weight is 494 g/mol. The quantitative estimate of drug-likeness (QED) is 0.482. The molecule has 1 aliphatic rings. The van der Waals surface area contributed by atoms with Crippen LogP contribution in [0.2, 0.25) is 10.0 Å². The lowest BCUT2D eigenvalue weighted by Gasteiger charge is -2.16. The number of carbonyl (C=O) groups is 2. The number of nitrogens with zero attached hydrogens (tertiary/aromatic N) is 1. The summed E-state index contributed by atoms with van der Waals surface area (Å²) in [5.74, 6) is -1.22. The van der Waals surface area contributed by atoms with E-state index in [9.17, 15) is 9.59 Å². The van der Waals surface area contributed by atoms with Crippen LogP contribution < -0.4 is 10.2 Å². The number of anilines is 2. The molecule has 122 valence electrons. The van der Waals surface area contributed by atoms with Crippen molar-refractivity contribution in [3.8, 4) is 0 Å². The van der Waals surface area contributed by atoms with Gasteiger partial charge in [0.25, 0.3) is 11.8 Å². The van der Waals surface area contributed by atoms with E-state index in [2.05, 4.69) is 27.9 Å². The Kier molecular flexibility index (Phi) is 5.05. The molecule has 1 heterocycles. The first-order valence-electron chi connectivity index (χ1n) is 6.64. The molecule has 0 atom stereocenters. The first kappa shape index (κ1) is 17.5. The van der Waals surface area contributed by atoms with Gasteiger partial charge in [-0.05, 0) is 65.1 Å². The zero-order chi connectivity index (χ0) is 17.4. The SMILES string of the molecule is O=C1C(Cl)=C(Nc2ccc(I)cc2)C(=O)N1c1ccc(Cl)cc1Cl. The van der Waals surface area contributed by atoms with Crippen molar-refractivity contribution in [1.82, 2.24) is 0 Å². The van der Waals surface area contributed by atoms with E-state index in [1.54, 1.807) is 18.2 Å². The average Bonchev–Trinajstić information content (AvgIpc) is 2.74. The van der Waals surface area contributed by atoms with Gasteiger partial charge in [0.2, 0.25) is 0 Å². The summed E-state index contributed by atoms with van der Waals surface area (Å²) < 4.78 is 1.04. The summed E-state index contributed by atoms with van der Waals surface area (Å²) in [6.45, 7) is 0. The lowest BCUT2D eigenvalue weighted by Crippen LogP contribution is -2.32. The number of hydrogen-bond acceptors (Lipinski definition) is 3. The van der Waals surface area contributed by atoms with Crippen molar-refractivity contribution in [3.05, 3.63) is 66.8 Å². The molecule has 0 saturated heterocycles. The highest BCUT2D eigenvalue weighted by molar-refractivity contribution is 14.1. The van der Waals surface area contributed by atoms with Gasteiger partial charge in [-0.25, -0.2) is 4.90 Å². The van der Waals surface area contributed by atoms with Crippen LogP contribution in [0.5, 0.6) is 0 Å². The van der Waals surface area contributed by atoms with E-state index < -0.39 is 11.8 Å². The second-order valence-corrected chi connectivity index (χ2v) is 7.33. The van der Waals surface area contributed by atoms with Gasteiger partial charge in [0, 0.05) is 14.3 Å². The van der Waals surface area contributed by atoms with Crippen molar-refractivity contribution in [2.45, 2.75) is 0 Å². The predicted molar refractivity (Wildman–Crippen MR) is 105 cm³/mol. The van der Waals surface area contributed by atoms with Gasteiger partial charge in [0.15, 0.2) is 0 Å². The van der Waals surface area contributed by atoms with E-state index in [0.717, 1.165) is 8.47 Å². The Morgan fingerprint density at radius 2 is 1.58 bits per heavy atom. The third-order valence-corrected chi connectivity index (χ3v) is 4.90. The minimum Gasteiger partial charge on any atom is -0.350 e. The van der Waals surface area contributed by atoms with E-state index >= 15 is 0 Å². The molecule has 2 aromatic rings. The van der Waals surface area contributed by atoms with E-state index in [0.29, 0.717) is 10.7 Å². The normalized spacial score (nSPS) is 14.6. The Hall–Kier alpha value is -1.28. The second kappa shape index (κ2) is 6.92. The molecule has 0 unspecified atom stereocenters. The Morgan fingerprint density at radius 3 is 2.21 bits per heavy atom. The summed E-state index contributed by atoms with van der Waals surface area (Å²) in [5.41, 5.74) is 0.885. The van der Waals surface area contributed by atoms with E-state index in [4.69, 9.17) is 34.8 Å². The zero-order valence-corrected chi connectivity index (χ0v) is 16.2. The zero-order valence-electron chi connectivity index (χ0n) is 11.8. The van der Waals surface area contributed by atoms with Crippen LogP contribution in [0, 0.1) is 3.57 Å². The van der Waals surface area contributed by atoms with Crippen molar-refractivity contribution in [1.29, 1.82) is 0 Å². The summed E-state index contributed by atoms with van der Waals surface area (Å²) in [5, 5.41) is 3.29. The van der Waals surface area contributed by atoms with Crippen LogP contribution in [0.15, 0.2) is 53.2 Å². The number of imide groups is 1. The molecule has 2 aromatic carbocycles. The number of amides is 2. The Bertz CT molecular complexity index is 881. The molecule has 8 heteroatoms. The third kappa shape index (κ3) is 3.26. The fourth-order valence-electron chi connectivity index (χ4n) is 2.17. The molecule has 0 radical (unpaired) electrons. The molecule has 0 spiro atoms. The lowest BCUT2D eigenvalue weighted by atomic mass is 10.3. The second-order valence-electron chi connectivity index (χ2n) is 4.86. The van der Waals surface area contributed by atoms with Gasteiger partial charge in [0.05, 0.1) is 10.7 Å². The highest BCUT2D eigenvalue weighted by Gasteiger charge is 2.39. The van der Waals surface area contributed by atoms with E-state index in [1.165, 1.54) is 12.1 Å². The largest absolute Gasteiger partial charge is 0.350 e. The van der Waals surface area contributed by atoms with Gasteiger partial charge in [-0.2, -0.15) is 0 Å². The monoisotopic (exact) mass is 492 g/mol. The van der Waals surface area contributed by atoms with Crippen LogP contribution in [0.25, 0.3) is 0 Å². The molecule has 1 N–H and O–H groups in total. The fourth-order valence-corrected chi connectivity index (χ4v) is 3.24. The first-order chi connectivity index (χ1) is 11.4. The summed E-state index contributed by atoms with van der Waals surface area (Å²) in [6, 6.07) is 11.8. The summed E-state index contributed by atoms with van der Waals surface area (Å²) in [4.78, 5) is 26.0. The Labute approximate surface area is 166 Å². The van der Waals surface area contributed by atoms with Gasteiger partial charge in [-0.15, -0.1) is 0 Å². The molecule has 0 aliphatic carbocycles. The molecule has 0 fully saturated rings. The molecular weight excluding hydrogens is 485 g/mol. The first-order valence-corrected chi connectivity index (χ1v) is 8.86. The molecule has 24 heavy (non-hydrogen) atoms. The highest BCUT2D eigenvalue weighted by atomic mass is 127. The van der Waals surface area contributed by atoms with Crippen molar-refractivity contribution in [2.75, 3.05) is 10.2 Å². The predicted octanol–water partition coefficient (Wildman–Crippen LogP) is 5.03. The van der Waals surface area contributed by atoms with Crippen molar-refractivity contribution in [2.24, 2.45) is 0 Å². The molecule has 0 saturated carbocycles. The van der Waals surface area contributed by atoms with Crippen LogP contribution in [-0.4, -0.2) is 11.8 Å². The van der Waals surface area contributed by atoms with Crippen LogP contribution >= 0.6 is 57.4 Å². The van der Waals surface area contributed by atoms with Crippen molar-refractivity contribution in [3.63, 3.8) is 0 Å². The smallest absolute Gasteiger partial charge is 0.283 e. The lowest BCUT2D eigenvalue weighted by molar-refractivity contribution is -0.120. The summed E-state index contributed by atoms with van der Waals surface area (Å²) in [6.07, 6.45) is 0. The van der Waals surface area contributed by atoms with Gasteiger partial charge in [-0.1, -0.05) is 34.8 Å². The van der Waals surface area contributed by atoms with Crippen LogP contribution in [0.3, 0.4) is 0 Å². The number of halogens is 4. The number of nitrogens with one attached hydrogen (secondary N) is 1. The Morgan fingerprint density at radius 1 is 0.917 bits per heavy atom. The Balaban J connectivity index is 1.94. The molecule has 2 amide bonds. The number of rotatable bonds is 3. The molecule has 1 aliphatic heterocycles. The van der Waals surface area contributed by atoms with Crippen LogP contribution in [0.4, 0.5) is 11.4 Å². The van der Waals surface area contributed by atoms with Gasteiger partial charge in [0.1, 0.15) is 10.7 Å². The highest BCUT2D eigenvalue weighted by Crippen LogP contribution is 2.35. The third-order valence-electron chi connectivity index (χ3n) is 3.29. The van der Waals surface area contributed by atoms with Gasteiger partial charge >= 0.3 is 0 Å². The maximum Gasteiger partial charge on any atom is 0.283 e. The molecule has 0 bridgehead atoms. The maximum atomic E-state index is 12.6. The van der Waals surface area contributed by atoms with E-state index in [1.807, 2.05) is 12.1 Å². The molecule has 4 nitrogen and oxygen atoms in total. The standard InChI is InChI=1S/C16H8Cl3IN2O2/c17-8-1-6-12(11(18)7-8)22-15(23)13(19)14(16(22)24)21-10-4-2-9(20)3-5-10/h1-7,21H. The topological polar surface area (TPSA) is 49.4 Å². The van der Waals surface area contributed by atoms with Crippen LogP contribution in [-0.2, 0) is 9.59 Å². The molecule has 3 rings (SSSR count). The fraction of sp³-hybridized carbons (Fsp3) is 0. The maximum absolute atomic E-state index is 12.6. The minimum atomic E-state index is -0.640. The van der Waals surface area contributed by atoms with Gasteiger partial charge < -0.3 is 5.32 Å². The summed E-state index contributed by atoms with van der Waals surface area (Å²) >= 11 is 20.2. The minimum absolute atomic E-state index is 0.00823.